The summed E-state index contributed by atoms with van der Waals surface area (Å²) in [7, 11) is -0.226. The molecule has 0 N–H and O–H groups in total. The van der Waals surface area contributed by atoms with Gasteiger partial charge >= 0.3 is 0 Å². The Hall–Kier alpha value is -0.883. The highest BCUT2D eigenvalue weighted by Crippen LogP contribution is 2.14. The van der Waals surface area contributed by atoms with Gasteiger partial charge in [-0.2, -0.15) is 0 Å². The third kappa shape index (κ3) is 9.71. The van der Waals surface area contributed by atoms with Gasteiger partial charge in [-0.05, 0) is 31.4 Å². The quantitative estimate of drug-likeness (QED) is 0.191. The first-order valence-electron chi connectivity index (χ1n) is 10.4. The zero-order valence-electron chi connectivity index (χ0n) is 16.6. The summed E-state index contributed by atoms with van der Waals surface area (Å²) in [5.41, 5.74) is 0. The molecule has 0 aromatic heterocycles. The number of epoxide rings is 1. The largest absolute Gasteiger partial charge is 0.491 e. The Morgan fingerprint density at radius 3 is 2.27 bits per heavy atom. The molecule has 148 valence electrons. The van der Waals surface area contributed by atoms with Crippen LogP contribution in [-0.2, 0) is 14.2 Å². The van der Waals surface area contributed by atoms with E-state index in [4.69, 9.17) is 18.9 Å². The topological polar surface area (TPSA) is 40.2 Å². The van der Waals surface area contributed by atoms with Crippen LogP contribution >= 0.6 is 0 Å². The van der Waals surface area contributed by atoms with E-state index in [-0.39, 0.29) is 15.8 Å². The molecule has 1 fully saturated rings. The molecule has 1 atom stereocenters. The van der Waals surface area contributed by atoms with Gasteiger partial charge in [-0.15, -0.1) is 0 Å². The zero-order valence-corrected chi connectivity index (χ0v) is 18.0. The van der Waals surface area contributed by atoms with Crippen LogP contribution in [0.25, 0.3) is 0 Å². The monoisotopic (exact) mass is 380 g/mol. The van der Waals surface area contributed by atoms with Crippen molar-refractivity contribution in [3.8, 4) is 5.75 Å². The molecule has 0 radical (unpaired) electrons. The minimum Gasteiger partial charge on any atom is -0.491 e. The van der Waals surface area contributed by atoms with Gasteiger partial charge in [0.2, 0.25) is 0 Å². The third-order valence-corrected chi connectivity index (χ3v) is 6.42. The van der Waals surface area contributed by atoms with E-state index in [0.717, 1.165) is 44.8 Å². The molecule has 0 bridgehead atoms. The van der Waals surface area contributed by atoms with Crippen molar-refractivity contribution in [3.63, 3.8) is 0 Å². The van der Waals surface area contributed by atoms with Gasteiger partial charge in [0.05, 0.1) is 16.1 Å². The first-order valence-corrected chi connectivity index (χ1v) is 12.1. The van der Waals surface area contributed by atoms with Crippen LogP contribution in [0.3, 0.4) is 0 Å². The predicted molar refractivity (Wildman–Crippen MR) is 109 cm³/mol. The molecule has 0 spiro atoms. The number of rotatable bonds is 16. The van der Waals surface area contributed by atoms with Crippen molar-refractivity contribution in [2.75, 3.05) is 26.4 Å². The number of unbranched alkanes of at least 4 members (excludes halogenated alkanes) is 2. The molecule has 2 rings (SSSR count). The molecule has 1 aromatic carbocycles. The average molecular weight is 381 g/mol. The fourth-order valence-electron chi connectivity index (χ4n) is 2.68. The van der Waals surface area contributed by atoms with Gasteiger partial charge in [-0.3, -0.25) is 0 Å². The molecule has 0 saturated carbocycles. The highest BCUT2D eigenvalue weighted by Gasteiger charge is 2.22. The zero-order chi connectivity index (χ0) is 18.5. The summed E-state index contributed by atoms with van der Waals surface area (Å²) in [4.78, 5) is 0. The van der Waals surface area contributed by atoms with E-state index >= 15 is 0 Å². The number of benzene rings is 1. The van der Waals surface area contributed by atoms with Crippen LogP contribution in [-0.4, -0.2) is 48.3 Å². The van der Waals surface area contributed by atoms with Gasteiger partial charge in [-0.25, -0.2) is 0 Å². The summed E-state index contributed by atoms with van der Waals surface area (Å²) in [5, 5.41) is 1.50. The van der Waals surface area contributed by atoms with Crippen molar-refractivity contribution >= 4 is 14.7 Å². The molecule has 0 amide bonds. The lowest BCUT2D eigenvalue weighted by Gasteiger charge is -2.18. The van der Waals surface area contributed by atoms with E-state index < -0.39 is 0 Å². The Labute approximate surface area is 161 Å². The molecule has 1 saturated heterocycles. The molecule has 4 nitrogen and oxygen atoms in total. The summed E-state index contributed by atoms with van der Waals surface area (Å²) in [6.45, 7) is 7.54. The van der Waals surface area contributed by atoms with Gasteiger partial charge in [0.15, 0.2) is 6.29 Å². The van der Waals surface area contributed by atoms with E-state index in [0.29, 0.717) is 12.7 Å². The molecular formula is C21H36O4Si. The van der Waals surface area contributed by atoms with Crippen LogP contribution in [0.5, 0.6) is 5.75 Å². The van der Waals surface area contributed by atoms with Crippen LogP contribution in [0, 0.1) is 0 Å². The molecule has 26 heavy (non-hydrogen) atoms. The van der Waals surface area contributed by atoms with E-state index in [1.165, 1.54) is 30.5 Å². The summed E-state index contributed by atoms with van der Waals surface area (Å²) in [6, 6.07) is 9.93. The smallest absolute Gasteiger partial charge is 0.157 e. The molecule has 1 unspecified atom stereocenters. The molecule has 1 aliphatic heterocycles. The summed E-state index contributed by atoms with van der Waals surface area (Å²) >= 11 is 0. The molecular weight excluding hydrogens is 344 g/mol. The Morgan fingerprint density at radius 2 is 1.69 bits per heavy atom. The fraction of sp³-hybridized carbons (Fsp3) is 0.714. The normalized spacial score (nSPS) is 16.7. The van der Waals surface area contributed by atoms with Gasteiger partial charge in [0.25, 0.3) is 0 Å². The molecule has 1 heterocycles. The number of hydrogen-bond acceptors (Lipinski definition) is 4. The van der Waals surface area contributed by atoms with E-state index in [2.05, 4.69) is 38.1 Å². The maximum Gasteiger partial charge on any atom is 0.157 e. The van der Waals surface area contributed by atoms with Crippen LogP contribution < -0.4 is 9.92 Å². The summed E-state index contributed by atoms with van der Waals surface area (Å²) < 4.78 is 22.7. The first kappa shape index (κ1) is 21.4. The number of ether oxygens (including phenoxy) is 4. The van der Waals surface area contributed by atoms with Crippen LogP contribution in [0.1, 0.15) is 52.4 Å². The molecule has 5 heteroatoms. The van der Waals surface area contributed by atoms with E-state index in [1.807, 2.05) is 0 Å². The maximum atomic E-state index is 5.91. The predicted octanol–water partition coefficient (Wildman–Crippen LogP) is 3.42. The maximum absolute atomic E-state index is 5.91. The van der Waals surface area contributed by atoms with Crippen molar-refractivity contribution in [3.05, 3.63) is 24.3 Å². The summed E-state index contributed by atoms with van der Waals surface area (Å²) in [6.07, 6.45) is 7.07. The third-order valence-electron chi connectivity index (χ3n) is 4.52. The second kappa shape index (κ2) is 13.3. The molecule has 0 aliphatic carbocycles. The highest BCUT2D eigenvalue weighted by atomic mass is 28.2. The summed E-state index contributed by atoms with van der Waals surface area (Å²) in [5.74, 6) is 0.951. The Bertz CT molecular complexity index is 452. The Kier molecular flexibility index (Phi) is 11.0. The van der Waals surface area contributed by atoms with Crippen molar-refractivity contribution in [1.82, 2.24) is 0 Å². The SMILES string of the molecule is CCCCOC(CCC[SiH2]c1ccc(OCC2CO2)cc1)OCCCC. The van der Waals surface area contributed by atoms with Gasteiger partial charge in [0, 0.05) is 13.2 Å². The van der Waals surface area contributed by atoms with Crippen molar-refractivity contribution < 1.29 is 18.9 Å². The highest BCUT2D eigenvalue weighted by molar-refractivity contribution is 6.53. The Balaban J connectivity index is 1.60. The van der Waals surface area contributed by atoms with Crippen LogP contribution in [0.2, 0.25) is 6.04 Å². The minimum atomic E-state index is -0.226. The van der Waals surface area contributed by atoms with Gasteiger partial charge < -0.3 is 18.9 Å². The van der Waals surface area contributed by atoms with Gasteiger partial charge in [-0.1, -0.05) is 56.5 Å². The lowest BCUT2D eigenvalue weighted by Crippen LogP contribution is -2.20. The van der Waals surface area contributed by atoms with E-state index in [9.17, 15) is 0 Å². The molecule has 1 aromatic rings. The Morgan fingerprint density at radius 1 is 1.04 bits per heavy atom. The second-order valence-electron chi connectivity index (χ2n) is 7.03. The first-order chi connectivity index (χ1) is 12.8. The number of hydrogen-bond donors (Lipinski definition) is 0. The minimum absolute atomic E-state index is 0.0116. The molecule has 1 aliphatic rings. The van der Waals surface area contributed by atoms with Crippen molar-refractivity contribution in [2.24, 2.45) is 0 Å². The van der Waals surface area contributed by atoms with Gasteiger partial charge in [0.1, 0.15) is 18.5 Å². The lowest BCUT2D eigenvalue weighted by atomic mass is 10.3. The second-order valence-corrected chi connectivity index (χ2v) is 9.06. The standard InChI is InChI=1S/C21H36O4Si/c1-3-5-13-22-21(23-14-6-4-2)8-7-15-26-20-11-9-18(10-12-20)24-16-19-17-25-19/h9-12,19,21H,3-8,13-17,26H2,1-2H3. The average Bonchev–Trinajstić information content (AvgIpc) is 3.49. The van der Waals surface area contributed by atoms with Crippen molar-refractivity contribution in [1.29, 1.82) is 0 Å². The van der Waals surface area contributed by atoms with Crippen molar-refractivity contribution in [2.45, 2.75) is 70.8 Å². The fourth-order valence-corrected chi connectivity index (χ4v) is 4.19. The van der Waals surface area contributed by atoms with Crippen LogP contribution in [0.15, 0.2) is 24.3 Å². The van der Waals surface area contributed by atoms with E-state index in [1.54, 1.807) is 0 Å². The lowest BCUT2D eigenvalue weighted by molar-refractivity contribution is -0.147. The van der Waals surface area contributed by atoms with Crippen LogP contribution in [0.4, 0.5) is 0 Å².